The molecule has 6 nitrogen and oxygen atoms in total. The van der Waals surface area contributed by atoms with Crippen LogP contribution in [0, 0.1) is 0 Å². The Labute approximate surface area is 220 Å². The molecule has 1 amide bonds. The van der Waals surface area contributed by atoms with Crippen molar-refractivity contribution in [3.05, 3.63) is 46.5 Å². The quantitative estimate of drug-likeness (QED) is 0.105. The normalized spacial score (nSPS) is 12.8. The molecule has 0 aliphatic rings. The van der Waals surface area contributed by atoms with Gasteiger partial charge in [0.05, 0.1) is 20.5 Å². The van der Waals surface area contributed by atoms with E-state index in [0.717, 1.165) is 42.1 Å². The number of phosphoric acid groups is 1. The van der Waals surface area contributed by atoms with Crippen LogP contribution in [-0.4, -0.2) is 18.6 Å². The van der Waals surface area contributed by atoms with Crippen molar-refractivity contribution in [1.82, 2.24) is 5.32 Å². The molecule has 1 aromatic carbocycles. The van der Waals surface area contributed by atoms with E-state index in [9.17, 15) is 19.1 Å². The fourth-order valence-corrected chi connectivity index (χ4v) is 4.52. The van der Waals surface area contributed by atoms with Gasteiger partial charge in [0.25, 0.3) is 0 Å². The lowest BCUT2D eigenvalue weighted by Gasteiger charge is -2.31. The molecule has 200 valence electrons. The second-order valence-corrected chi connectivity index (χ2v) is 11.2. The average molecular weight is 573 g/mol. The van der Waals surface area contributed by atoms with Crippen molar-refractivity contribution in [3.8, 4) is 0 Å². The lowest BCUT2D eigenvalue weighted by molar-refractivity contribution is -0.342. The number of hydrogen-bond donors (Lipinski definition) is 1. The molecule has 0 saturated carbocycles. The minimum Gasteiger partial charge on any atom is -0.790 e. The van der Waals surface area contributed by atoms with Gasteiger partial charge in [-0.05, 0) is 56.2 Å². The van der Waals surface area contributed by atoms with E-state index < -0.39 is 13.9 Å². The van der Waals surface area contributed by atoms with E-state index in [0.29, 0.717) is 12.8 Å². The van der Waals surface area contributed by atoms with Crippen molar-refractivity contribution in [2.45, 2.75) is 109 Å². The fraction of sp³-hybridized carbons (Fsp3) is 0.667. The smallest absolute Gasteiger partial charge is 0.220 e. The predicted octanol–water partition coefficient (Wildman–Crippen LogP) is 6.36. The molecule has 1 N–H and O–H groups in total. The van der Waals surface area contributed by atoms with Crippen LogP contribution in [0.25, 0.3) is 0 Å². The summed E-state index contributed by atoms with van der Waals surface area (Å²) in [6, 6.07) is 6.91. The number of rotatable bonds is 21. The Morgan fingerprint density at radius 3 is 2.06 bits per heavy atom. The minimum absolute atomic E-state index is 0.153. The number of nitrogens with one attached hydrogen (secondary N) is 1. The molecule has 0 aromatic heterocycles. The summed E-state index contributed by atoms with van der Waals surface area (Å²) in [5.74, 6) is -0.153. The maximum atomic E-state index is 12.3. The van der Waals surface area contributed by atoms with Crippen molar-refractivity contribution in [2.24, 2.45) is 0 Å². The predicted molar refractivity (Wildman–Crippen MR) is 143 cm³/mol. The Hall–Kier alpha value is -0.980. The number of amides is 1. The van der Waals surface area contributed by atoms with E-state index >= 15 is 0 Å². The molecule has 1 aromatic rings. The number of phosphoric ester groups is 1. The number of hydrogen-bond acceptors (Lipinski definition) is 5. The van der Waals surface area contributed by atoms with Crippen LogP contribution in [0.2, 0.25) is 0 Å². The van der Waals surface area contributed by atoms with Gasteiger partial charge in [0.1, 0.15) is 0 Å². The monoisotopic (exact) mass is 571 g/mol. The topological polar surface area (TPSA) is 102 Å². The first-order chi connectivity index (χ1) is 16.8. The summed E-state index contributed by atoms with van der Waals surface area (Å²) < 4.78 is 16.2. The van der Waals surface area contributed by atoms with Crippen LogP contribution >= 0.6 is 23.8 Å². The highest BCUT2D eigenvalue weighted by molar-refractivity contribution is 9.10. The molecule has 1 rings (SSSR count). The molecule has 0 unspecified atom stereocenters. The molecule has 0 aliphatic carbocycles. The summed E-state index contributed by atoms with van der Waals surface area (Å²) in [5.41, 5.74) is 0.912. The van der Waals surface area contributed by atoms with Gasteiger partial charge in [-0.1, -0.05) is 98.5 Å². The van der Waals surface area contributed by atoms with Gasteiger partial charge < -0.3 is 24.2 Å². The van der Waals surface area contributed by atoms with Crippen LogP contribution in [0.15, 0.2) is 40.9 Å². The van der Waals surface area contributed by atoms with Crippen LogP contribution in [0.1, 0.15) is 102 Å². The molecule has 35 heavy (non-hydrogen) atoms. The minimum atomic E-state index is -5.09. The van der Waals surface area contributed by atoms with Crippen LogP contribution < -0.4 is 15.1 Å². The second kappa shape index (κ2) is 20.1. The van der Waals surface area contributed by atoms with E-state index in [-0.39, 0.29) is 12.5 Å². The average Bonchev–Trinajstić information content (AvgIpc) is 2.81. The van der Waals surface area contributed by atoms with E-state index in [2.05, 4.69) is 44.8 Å². The zero-order valence-electron chi connectivity index (χ0n) is 21.2. The van der Waals surface area contributed by atoms with Gasteiger partial charge >= 0.3 is 0 Å². The van der Waals surface area contributed by atoms with E-state index in [1.165, 1.54) is 51.4 Å². The summed E-state index contributed by atoms with van der Waals surface area (Å²) in [4.78, 5) is 34.1. The zero-order valence-corrected chi connectivity index (χ0v) is 23.7. The highest BCUT2D eigenvalue weighted by atomic mass is 79.9. The maximum absolute atomic E-state index is 12.3. The van der Waals surface area contributed by atoms with Crippen molar-refractivity contribution in [3.63, 3.8) is 0 Å². The molecule has 8 heteroatoms. The van der Waals surface area contributed by atoms with Crippen molar-refractivity contribution in [2.75, 3.05) is 6.61 Å². The molecule has 0 heterocycles. The van der Waals surface area contributed by atoms with Crippen LogP contribution in [-0.2, 0) is 20.3 Å². The van der Waals surface area contributed by atoms with Gasteiger partial charge in [0.2, 0.25) is 5.91 Å². The van der Waals surface area contributed by atoms with Crippen LogP contribution in [0.3, 0.4) is 0 Å². The molecule has 0 spiro atoms. The molecule has 0 radical (unpaired) electrons. The Bertz CT molecular complexity index is 750. The van der Waals surface area contributed by atoms with Gasteiger partial charge in [-0.2, -0.15) is 0 Å². The third-order valence-corrected chi connectivity index (χ3v) is 6.85. The molecule has 1 atom stereocenters. The van der Waals surface area contributed by atoms with Crippen molar-refractivity contribution < 1.29 is 23.7 Å². The van der Waals surface area contributed by atoms with Gasteiger partial charge in [-0.15, -0.1) is 0 Å². The highest BCUT2D eigenvalue weighted by Gasteiger charge is 2.14. The Morgan fingerprint density at radius 2 is 1.49 bits per heavy atom. The maximum Gasteiger partial charge on any atom is 0.220 e. The highest BCUT2D eigenvalue weighted by Crippen LogP contribution is 2.25. The number of carbonyl (C=O) groups excluding carboxylic acids is 1. The van der Waals surface area contributed by atoms with Gasteiger partial charge in [0, 0.05) is 10.9 Å². The van der Waals surface area contributed by atoms with Crippen molar-refractivity contribution in [1.29, 1.82) is 0 Å². The first-order valence-electron chi connectivity index (χ1n) is 13.2. The van der Waals surface area contributed by atoms with E-state index in [1.54, 1.807) is 0 Å². The number of allylic oxidation sites excluding steroid dienone is 2. The SMILES string of the molecule is CCCCCCCC/C=C\CCCCCCCC(=O)N[C@H](COP(=O)([O-])[O-])Cc1ccc(Br)cc1. The lowest BCUT2D eigenvalue weighted by Crippen LogP contribution is -2.40. The number of unbranched alkanes of at least 4 members (excludes halogenated alkanes) is 11. The summed E-state index contributed by atoms with van der Waals surface area (Å²) >= 11 is 3.37. The third-order valence-electron chi connectivity index (χ3n) is 5.86. The fourth-order valence-electron chi connectivity index (χ4n) is 3.89. The molecule has 0 bridgehead atoms. The van der Waals surface area contributed by atoms with Crippen LogP contribution in [0.5, 0.6) is 0 Å². The Balaban J connectivity index is 2.15. The lowest BCUT2D eigenvalue weighted by atomic mass is 10.1. The number of benzene rings is 1. The number of carbonyl (C=O) groups is 1. The van der Waals surface area contributed by atoms with Gasteiger partial charge in [-0.3, -0.25) is 4.79 Å². The van der Waals surface area contributed by atoms with Gasteiger partial charge in [-0.25, -0.2) is 0 Å². The Kier molecular flexibility index (Phi) is 18.4. The third kappa shape index (κ3) is 19.8. The first-order valence-corrected chi connectivity index (χ1v) is 15.4. The second-order valence-electron chi connectivity index (χ2n) is 9.17. The molecular formula is C27H43BrNO5P-2. The molecule has 0 saturated heterocycles. The summed E-state index contributed by atoms with van der Waals surface area (Å²) in [5, 5.41) is 2.82. The summed E-state index contributed by atoms with van der Waals surface area (Å²) in [7, 11) is -5.09. The summed E-state index contributed by atoms with van der Waals surface area (Å²) in [6.45, 7) is 1.88. The number of halogens is 1. The molecule has 0 aliphatic heterocycles. The van der Waals surface area contributed by atoms with E-state index in [1.807, 2.05) is 24.3 Å². The first kappa shape index (κ1) is 32.0. The van der Waals surface area contributed by atoms with E-state index in [4.69, 9.17) is 0 Å². The van der Waals surface area contributed by atoms with Crippen LogP contribution in [0.4, 0.5) is 0 Å². The molecule has 0 fully saturated rings. The molecular weight excluding hydrogens is 529 g/mol. The van der Waals surface area contributed by atoms with Crippen molar-refractivity contribution >= 4 is 29.7 Å². The zero-order chi connectivity index (χ0) is 25.8. The summed E-state index contributed by atoms with van der Waals surface area (Å²) in [6.07, 6.45) is 20.9. The standard InChI is InChI=1S/C27H45BrNO5P/c1-2-3-4-5-6-7-8-9-10-11-12-13-14-15-16-17-27(30)29-26(23-34-35(31,32)33)22-24-18-20-25(28)21-19-24/h9-10,18-21,26H,2-8,11-17,22-23H2,1H3,(H,29,30)(H2,31,32,33)/p-2/b10-9-/t26-/m0/s1. The van der Waals surface area contributed by atoms with Gasteiger partial charge in [0.15, 0.2) is 0 Å². The Morgan fingerprint density at radius 1 is 0.943 bits per heavy atom. The largest absolute Gasteiger partial charge is 0.790 e.